The van der Waals surface area contributed by atoms with Gasteiger partial charge in [-0.2, -0.15) is 0 Å². The number of Topliss-reactive ketones (excluding diaryl/α,β-unsaturated/α-hetero) is 1. The van der Waals surface area contributed by atoms with Crippen molar-refractivity contribution in [3.05, 3.63) is 57.6 Å². The fraction of sp³-hybridized carbons (Fsp3) is 0.238. The first kappa shape index (κ1) is 20.2. The van der Waals surface area contributed by atoms with Gasteiger partial charge in [-0.3, -0.25) is 19.2 Å². The summed E-state index contributed by atoms with van der Waals surface area (Å²) in [5.41, 5.74) is -1.26. The van der Waals surface area contributed by atoms with Crippen LogP contribution in [0.1, 0.15) is 61.1 Å². The lowest BCUT2D eigenvalue weighted by molar-refractivity contribution is -0.139. The maximum atomic E-state index is 13.0. The topological polar surface area (TPSA) is 138 Å². The van der Waals surface area contributed by atoms with E-state index in [0.29, 0.717) is 0 Å². The molecule has 29 heavy (non-hydrogen) atoms. The van der Waals surface area contributed by atoms with E-state index in [1.165, 1.54) is 31.2 Å². The fourth-order valence-corrected chi connectivity index (χ4v) is 3.42. The van der Waals surface area contributed by atoms with Crippen LogP contribution in [0, 0.1) is 0 Å². The molecule has 0 amide bonds. The molecule has 0 saturated heterocycles. The number of hydrogen-bond acceptors (Lipinski definition) is 8. The molecule has 1 unspecified atom stereocenters. The number of hydrogen-bond donors (Lipinski definition) is 3. The van der Waals surface area contributed by atoms with Crippen molar-refractivity contribution in [2.75, 3.05) is 7.11 Å². The minimum Gasteiger partial charge on any atom is -0.507 e. The Balaban J connectivity index is 2.29. The molecule has 1 atom stereocenters. The standard InChI is InChI=1S/C21H18O8/c1-9(22)6-14(24)16-10(8-15(25)29-2)7-12-18(20(16)27)21(28)17-11(19(12)26)4-3-5-13(17)23/h3-5,7,9,22-23,27H,6,8H2,1-2H3. The normalized spacial score (nSPS) is 13.5. The highest BCUT2D eigenvalue weighted by Crippen LogP contribution is 2.40. The van der Waals surface area contributed by atoms with Gasteiger partial charge in [0.2, 0.25) is 5.78 Å². The lowest BCUT2D eigenvalue weighted by Gasteiger charge is -2.22. The van der Waals surface area contributed by atoms with Gasteiger partial charge in [-0.1, -0.05) is 12.1 Å². The molecule has 0 bridgehead atoms. The van der Waals surface area contributed by atoms with Gasteiger partial charge in [-0.05, 0) is 24.6 Å². The second-order valence-electron chi connectivity index (χ2n) is 6.77. The van der Waals surface area contributed by atoms with Crippen molar-refractivity contribution in [1.82, 2.24) is 0 Å². The summed E-state index contributed by atoms with van der Waals surface area (Å²) in [7, 11) is 1.14. The number of aliphatic hydroxyl groups is 1. The van der Waals surface area contributed by atoms with Crippen molar-refractivity contribution >= 4 is 23.3 Å². The molecule has 0 heterocycles. The van der Waals surface area contributed by atoms with Crippen LogP contribution in [0.2, 0.25) is 0 Å². The van der Waals surface area contributed by atoms with Crippen LogP contribution < -0.4 is 0 Å². The number of ketones is 3. The molecule has 3 N–H and O–H groups in total. The van der Waals surface area contributed by atoms with Crippen LogP contribution in [-0.2, 0) is 16.0 Å². The number of benzene rings is 2. The summed E-state index contributed by atoms with van der Waals surface area (Å²) in [4.78, 5) is 50.3. The maximum Gasteiger partial charge on any atom is 0.310 e. The Morgan fingerprint density at radius 2 is 1.76 bits per heavy atom. The number of methoxy groups -OCH3 is 1. The summed E-state index contributed by atoms with van der Waals surface area (Å²) in [6, 6.07) is 5.20. The van der Waals surface area contributed by atoms with Crippen molar-refractivity contribution < 1.29 is 39.2 Å². The Kier molecular flexibility index (Phi) is 5.21. The predicted molar refractivity (Wildman–Crippen MR) is 99.4 cm³/mol. The largest absolute Gasteiger partial charge is 0.507 e. The zero-order valence-electron chi connectivity index (χ0n) is 15.7. The first-order chi connectivity index (χ1) is 13.7. The van der Waals surface area contributed by atoms with Crippen LogP contribution in [0.5, 0.6) is 11.5 Å². The molecule has 1 aliphatic carbocycles. The summed E-state index contributed by atoms with van der Waals surface area (Å²) in [5, 5.41) is 30.4. The third-order valence-corrected chi connectivity index (χ3v) is 4.69. The fourth-order valence-electron chi connectivity index (χ4n) is 3.42. The van der Waals surface area contributed by atoms with E-state index in [0.717, 1.165) is 7.11 Å². The van der Waals surface area contributed by atoms with E-state index >= 15 is 0 Å². The van der Waals surface area contributed by atoms with Crippen molar-refractivity contribution in [3.63, 3.8) is 0 Å². The second kappa shape index (κ2) is 7.48. The van der Waals surface area contributed by atoms with E-state index in [1.54, 1.807) is 0 Å². The number of carbonyl (C=O) groups is 4. The number of aliphatic hydroxyl groups excluding tert-OH is 1. The second-order valence-corrected chi connectivity index (χ2v) is 6.77. The molecule has 0 fully saturated rings. The van der Waals surface area contributed by atoms with Gasteiger partial charge in [0.1, 0.15) is 11.5 Å². The number of phenolic OH excluding ortho intramolecular Hbond substituents is 2. The zero-order valence-corrected chi connectivity index (χ0v) is 15.7. The smallest absolute Gasteiger partial charge is 0.310 e. The average Bonchev–Trinajstić information content (AvgIpc) is 2.64. The van der Waals surface area contributed by atoms with E-state index < -0.39 is 52.9 Å². The van der Waals surface area contributed by atoms with Gasteiger partial charge in [-0.15, -0.1) is 0 Å². The highest BCUT2D eigenvalue weighted by atomic mass is 16.5. The molecule has 0 aromatic heterocycles. The monoisotopic (exact) mass is 398 g/mol. The summed E-state index contributed by atoms with van der Waals surface area (Å²) >= 11 is 0. The highest BCUT2D eigenvalue weighted by molar-refractivity contribution is 6.31. The lowest BCUT2D eigenvalue weighted by atomic mass is 9.79. The van der Waals surface area contributed by atoms with Gasteiger partial charge in [0, 0.05) is 17.5 Å². The van der Waals surface area contributed by atoms with Gasteiger partial charge < -0.3 is 20.1 Å². The number of carbonyl (C=O) groups excluding carboxylic acids is 4. The SMILES string of the molecule is COC(=O)Cc1cc2c(c(O)c1C(=O)CC(C)O)C(=O)c1c(O)cccc1C2=O. The first-order valence-corrected chi connectivity index (χ1v) is 8.75. The van der Waals surface area contributed by atoms with E-state index in [-0.39, 0.29) is 34.2 Å². The van der Waals surface area contributed by atoms with E-state index in [4.69, 9.17) is 0 Å². The molecule has 0 radical (unpaired) electrons. The molecule has 2 aromatic rings. The molecule has 2 aromatic carbocycles. The molecule has 8 nitrogen and oxygen atoms in total. The Bertz CT molecular complexity index is 1060. The number of fused-ring (bicyclic) bond motifs is 2. The summed E-state index contributed by atoms with van der Waals surface area (Å²) < 4.78 is 4.61. The van der Waals surface area contributed by atoms with Gasteiger partial charge in [0.25, 0.3) is 0 Å². The summed E-state index contributed by atoms with van der Waals surface area (Å²) in [6.07, 6.45) is -1.83. The lowest BCUT2D eigenvalue weighted by Crippen LogP contribution is -2.24. The minimum absolute atomic E-state index is 0.00324. The molecule has 8 heteroatoms. The number of phenols is 2. The molecule has 0 saturated carbocycles. The van der Waals surface area contributed by atoms with Crippen LogP contribution in [0.15, 0.2) is 24.3 Å². The van der Waals surface area contributed by atoms with Crippen molar-refractivity contribution in [3.8, 4) is 11.5 Å². The van der Waals surface area contributed by atoms with Gasteiger partial charge in [-0.25, -0.2) is 0 Å². The predicted octanol–water partition coefficient (Wildman–Crippen LogP) is 1.54. The number of ether oxygens (including phenoxy) is 1. The summed E-state index contributed by atoms with van der Waals surface area (Å²) in [6.45, 7) is 1.37. The zero-order chi connectivity index (χ0) is 21.5. The van der Waals surface area contributed by atoms with E-state index in [9.17, 15) is 34.5 Å². The highest BCUT2D eigenvalue weighted by Gasteiger charge is 2.37. The van der Waals surface area contributed by atoms with Crippen LogP contribution in [-0.4, -0.2) is 51.9 Å². The number of esters is 1. The number of rotatable bonds is 5. The average molecular weight is 398 g/mol. The third kappa shape index (κ3) is 3.38. The van der Waals surface area contributed by atoms with Gasteiger partial charge in [0.05, 0.1) is 36.3 Å². The Labute approximate surface area is 165 Å². The summed E-state index contributed by atoms with van der Waals surface area (Å²) in [5.74, 6) is -4.08. The van der Waals surface area contributed by atoms with E-state index in [2.05, 4.69) is 4.74 Å². The van der Waals surface area contributed by atoms with Gasteiger partial charge in [0.15, 0.2) is 11.6 Å². The molecule has 3 rings (SSSR count). The Morgan fingerprint density at radius 3 is 2.38 bits per heavy atom. The van der Waals surface area contributed by atoms with Crippen LogP contribution >= 0.6 is 0 Å². The van der Waals surface area contributed by atoms with Crippen molar-refractivity contribution in [2.24, 2.45) is 0 Å². The van der Waals surface area contributed by atoms with Gasteiger partial charge >= 0.3 is 5.97 Å². The van der Waals surface area contributed by atoms with Crippen LogP contribution in [0.25, 0.3) is 0 Å². The molecule has 0 aliphatic heterocycles. The third-order valence-electron chi connectivity index (χ3n) is 4.69. The van der Waals surface area contributed by atoms with Crippen LogP contribution in [0.3, 0.4) is 0 Å². The number of aromatic hydroxyl groups is 2. The maximum absolute atomic E-state index is 13.0. The quantitative estimate of drug-likeness (QED) is 0.435. The molecular weight excluding hydrogens is 380 g/mol. The Morgan fingerprint density at radius 1 is 1.07 bits per heavy atom. The minimum atomic E-state index is -1.04. The molecule has 150 valence electrons. The molecular formula is C21H18O8. The Hall–Kier alpha value is -3.52. The van der Waals surface area contributed by atoms with Crippen LogP contribution in [0.4, 0.5) is 0 Å². The molecule has 1 aliphatic rings. The van der Waals surface area contributed by atoms with E-state index in [1.807, 2.05) is 0 Å². The molecule has 0 spiro atoms. The van der Waals surface area contributed by atoms with Crippen molar-refractivity contribution in [1.29, 1.82) is 0 Å². The van der Waals surface area contributed by atoms with Crippen molar-refractivity contribution in [2.45, 2.75) is 25.9 Å². The first-order valence-electron chi connectivity index (χ1n) is 8.75.